The second-order valence-electron chi connectivity index (χ2n) is 12.9. The van der Waals surface area contributed by atoms with Gasteiger partial charge in [-0.15, -0.1) is 0 Å². The van der Waals surface area contributed by atoms with Gasteiger partial charge in [-0.3, -0.25) is 4.57 Å². The predicted molar refractivity (Wildman–Crippen MR) is 179 cm³/mol. The second-order valence-corrected chi connectivity index (χ2v) is 15.0. The first-order valence-electron chi connectivity index (χ1n) is 15.3. The van der Waals surface area contributed by atoms with Crippen molar-refractivity contribution in [2.24, 2.45) is 0 Å². The number of carbonyl (C=O) groups is 1. The first-order valence-corrected chi connectivity index (χ1v) is 17.2. The van der Waals surface area contributed by atoms with Gasteiger partial charge in [0, 0.05) is 29.1 Å². The Morgan fingerprint density at radius 1 is 0.935 bits per heavy atom. The number of hydrogen-bond donors (Lipinski definition) is 2. The summed E-state index contributed by atoms with van der Waals surface area (Å²) in [6.45, 7) is 5.57. The zero-order valence-electron chi connectivity index (χ0n) is 26.2. The molecule has 1 amide bonds. The second kappa shape index (κ2) is 10.8. The molecule has 3 heterocycles. The van der Waals surface area contributed by atoms with Crippen LogP contribution in [0.3, 0.4) is 0 Å². The molecule has 1 aliphatic carbocycles. The third-order valence-electron chi connectivity index (χ3n) is 8.54. The number of sulfone groups is 1. The normalized spacial score (nSPS) is 14.9. The van der Waals surface area contributed by atoms with Crippen LogP contribution in [0, 0.1) is 0 Å². The summed E-state index contributed by atoms with van der Waals surface area (Å²) in [7, 11) is -3.37. The van der Waals surface area contributed by atoms with Gasteiger partial charge in [0.25, 0.3) is 0 Å². The van der Waals surface area contributed by atoms with E-state index in [1.165, 1.54) is 6.26 Å². The van der Waals surface area contributed by atoms with Crippen LogP contribution in [-0.4, -0.2) is 40.9 Å². The van der Waals surface area contributed by atoms with Gasteiger partial charge in [0.1, 0.15) is 11.4 Å². The van der Waals surface area contributed by atoms with E-state index in [4.69, 9.17) is 9.72 Å². The number of alkyl carbamates (subject to hydrolysis) is 1. The number of fused-ring (bicyclic) bond motifs is 5. The Morgan fingerprint density at radius 3 is 2.28 bits per heavy atom. The number of ether oxygens (including phenoxy) is 1. The first kappa shape index (κ1) is 29.7. The number of carbonyl (C=O) groups excluding carboxylic acids is 1. The average molecular weight is 634 g/mol. The molecule has 1 fully saturated rings. The van der Waals surface area contributed by atoms with Crippen LogP contribution >= 0.6 is 0 Å². The Morgan fingerprint density at radius 2 is 1.63 bits per heavy atom. The lowest BCUT2D eigenvalue weighted by atomic mass is 9.71. The smallest absolute Gasteiger partial charge is 0.408 e. The van der Waals surface area contributed by atoms with Crippen molar-refractivity contribution in [1.29, 1.82) is 0 Å². The molecule has 0 saturated heterocycles. The van der Waals surface area contributed by atoms with Crippen LogP contribution in [0.25, 0.3) is 39.6 Å². The summed E-state index contributed by atoms with van der Waals surface area (Å²) in [5.74, 6) is 1.43. The minimum atomic E-state index is -3.37. The molecule has 3 aromatic carbocycles. The lowest BCUT2D eigenvalue weighted by Crippen LogP contribution is -2.52. The number of anilines is 2. The van der Waals surface area contributed by atoms with Crippen molar-refractivity contribution in [2.45, 2.75) is 56.1 Å². The van der Waals surface area contributed by atoms with E-state index in [2.05, 4.69) is 44.5 Å². The third kappa shape index (κ3) is 5.32. The number of aromatic nitrogens is 3. The van der Waals surface area contributed by atoms with Crippen molar-refractivity contribution in [3.63, 3.8) is 0 Å². The van der Waals surface area contributed by atoms with Crippen molar-refractivity contribution < 1.29 is 17.9 Å². The number of nitrogens with zero attached hydrogens (tertiary/aromatic N) is 3. The zero-order chi connectivity index (χ0) is 32.3. The topological polar surface area (TPSA) is 115 Å². The van der Waals surface area contributed by atoms with Crippen LogP contribution in [-0.2, 0) is 20.1 Å². The van der Waals surface area contributed by atoms with Crippen molar-refractivity contribution in [1.82, 2.24) is 19.9 Å². The molecule has 2 aromatic heterocycles. The van der Waals surface area contributed by atoms with E-state index in [1.807, 2.05) is 57.2 Å². The number of pyridine rings is 1. The molecule has 0 radical (unpaired) electrons. The number of nitrogens with one attached hydrogen (secondary N) is 2. The van der Waals surface area contributed by atoms with Crippen LogP contribution in [0.1, 0.15) is 45.6 Å². The van der Waals surface area contributed by atoms with E-state index >= 15 is 0 Å². The maximum atomic E-state index is 12.8. The van der Waals surface area contributed by atoms with E-state index in [1.54, 1.807) is 30.5 Å². The highest BCUT2D eigenvalue weighted by Crippen LogP contribution is 2.46. The fraction of sp³-hybridized carbons (Fsp3) is 0.250. The zero-order valence-corrected chi connectivity index (χ0v) is 27.0. The Balaban J connectivity index is 1.40. The number of imidazole rings is 1. The molecule has 1 aliphatic heterocycles. The standard InChI is InChI=1S/C36H35N5O4S/c1-35(2,3)45-34(42)40-36(20-8-21-36)25-16-12-24(13-17-25)31-30(23-14-18-26(19-15-23)46(4,43)44)39-33-27-9-5-6-10-28(27)38-32-29(41(31)33)11-7-22-37-32/h5-7,9-19,22H,8,20-21H2,1-4H3,(H,37,38)(H,40,42). The van der Waals surface area contributed by atoms with Crippen molar-refractivity contribution >= 4 is 27.4 Å². The summed E-state index contributed by atoms with van der Waals surface area (Å²) in [6, 6.07) is 27.0. The van der Waals surface area contributed by atoms with Gasteiger partial charge in [0.15, 0.2) is 15.7 Å². The average Bonchev–Trinajstić information content (AvgIpc) is 3.32. The summed E-state index contributed by atoms with van der Waals surface area (Å²) in [5, 5.41) is 6.64. The van der Waals surface area contributed by atoms with Gasteiger partial charge in [0.2, 0.25) is 0 Å². The lowest BCUT2D eigenvalue weighted by Gasteiger charge is -2.43. The molecule has 0 bridgehead atoms. The molecule has 2 N–H and O–H groups in total. The minimum Gasteiger partial charge on any atom is -0.444 e. The number of benzene rings is 3. The van der Waals surface area contributed by atoms with E-state index in [0.717, 1.165) is 64.4 Å². The lowest BCUT2D eigenvalue weighted by molar-refractivity contribution is 0.0377. The Labute approximate surface area is 268 Å². The fourth-order valence-electron chi connectivity index (χ4n) is 6.21. The van der Waals surface area contributed by atoms with Crippen molar-refractivity contribution in [3.8, 4) is 39.6 Å². The highest BCUT2D eigenvalue weighted by Gasteiger charge is 2.41. The number of para-hydroxylation sites is 1. The first-order chi connectivity index (χ1) is 21.9. The van der Waals surface area contributed by atoms with Crippen LogP contribution in [0.2, 0.25) is 0 Å². The van der Waals surface area contributed by atoms with Gasteiger partial charge in [0.05, 0.1) is 33.2 Å². The summed E-state index contributed by atoms with van der Waals surface area (Å²) in [6.07, 6.45) is 5.20. The van der Waals surface area contributed by atoms with E-state index in [0.29, 0.717) is 11.5 Å². The van der Waals surface area contributed by atoms with E-state index in [-0.39, 0.29) is 4.90 Å². The van der Waals surface area contributed by atoms with Gasteiger partial charge >= 0.3 is 6.09 Å². The van der Waals surface area contributed by atoms with Gasteiger partial charge in [-0.25, -0.2) is 23.2 Å². The fourth-order valence-corrected chi connectivity index (χ4v) is 6.84. The van der Waals surface area contributed by atoms with E-state index < -0.39 is 27.1 Å². The SMILES string of the molecule is CC(C)(C)OC(=O)NC1(c2ccc(-c3c(-c4ccc(S(C)(=O)=O)cc4)nc4n3-c3cccnc3Nc3ccccc3-4)cc2)CCC1. The van der Waals surface area contributed by atoms with Crippen LogP contribution in [0.5, 0.6) is 0 Å². The quantitative estimate of drug-likeness (QED) is 0.201. The molecule has 9 nitrogen and oxygen atoms in total. The molecule has 10 heteroatoms. The third-order valence-corrected chi connectivity index (χ3v) is 9.67. The van der Waals surface area contributed by atoms with Crippen LogP contribution in [0.4, 0.5) is 16.3 Å². The molecule has 7 rings (SSSR count). The molecule has 2 aliphatic rings. The van der Waals surface area contributed by atoms with Crippen molar-refractivity contribution in [3.05, 3.63) is 96.7 Å². The highest BCUT2D eigenvalue weighted by molar-refractivity contribution is 7.90. The monoisotopic (exact) mass is 633 g/mol. The van der Waals surface area contributed by atoms with Gasteiger partial charge in [-0.2, -0.15) is 0 Å². The summed E-state index contributed by atoms with van der Waals surface area (Å²) < 4.78 is 32.2. The summed E-state index contributed by atoms with van der Waals surface area (Å²) in [5.41, 5.74) is 5.80. The molecule has 46 heavy (non-hydrogen) atoms. The molecule has 5 aromatic rings. The van der Waals surface area contributed by atoms with Crippen molar-refractivity contribution in [2.75, 3.05) is 11.6 Å². The number of hydrogen-bond acceptors (Lipinski definition) is 7. The molecule has 234 valence electrons. The summed E-state index contributed by atoms with van der Waals surface area (Å²) in [4.78, 5) is 22.9. The predicted octanol–water partition coefficient (Wildman–Crippen LogP) is 7.63. The maximum absolute atomic E-state index is 12.8. The Hall–Kier alpha value is -4.96. The number of amides is 1. The molecule has 1 saturated carbocycles. The summed E-state index contributed by atoms with van der Waals surface area (Å²) >= 11 is 0. The molecule has 0 spiro atoms. The number of rotatable bonds is 5. The highest BCUT2D eigenvalue weighted by atomic mass is 32.2. The van der Waals surface area contributed by atoms with Crippen LogP contribution in [0.15, 0.2) is 96.0 Å². The van der Waals surface area contributed by atoms with Gasteiger partial charge < -0.3 is 15.4 Å². The Kier molecular flexibility index (Phi) is 7.01. The molecule has 0 atom stereocenters. The Bertz CT molecular complexity index is 2070. The maximum Gasteiger partial charge on any atom is 0.408 e. The molecular weight excluding hydrogens is 598 g/mol. The minimum absolute atomic E-state index is 0.246. The van der Waals surface area contributed by atoms with Crippen LogP contribution < -0.4 is 10.6 Å². The largest absolute Gasteiger partial charge is 0.444 e. The van der Waals surface area contributed by atoms with Gasteiger partial charge in [-0.05, 0) is 82.0 Å². The van der Waals surface area contributed by atoms with E-state index in [9.17, 15) is 13.2 Å². The van der Waals surface area contributed by atoms with Gasteiger partial charge in [-0.1, -0.05) is 48.5 Å². The molecule has 0 unspecified atom stereocenters. The molecular formula is C36H35N5O4S.